The van der Waals surface area contributed by atoms with E-state index in [9.17, 15) is 4.79 Å². The van der Waals surface area contributed by atoms with Crippen molar-refractivity contribution in [1.82, 2.24) is 4.98 Å². The van der Waals surface area contributed by atoms with Crippen molar-refractivity contribution >= 4 is 17.3 Å². The lowest BCUT2D eigenvalue weighted by molar-refractivity contribution is 0.102. The summed E-state index contributed by atoms with van der Waals surface area (Å²) in [4.78, 5) is 16.4. The van der Waals surface area contributed by atoms with E-state index >= 15 is 0 Å². The van der Waals surface area contributed by atoms with Crippen molar-refractivity contribution in [3.8, 4) is 0 Å². The highest BCUT2D eigenvalue weighted by Gasteiger charge is 2.08. The van der Waals surface area contributed by atoms with E-state index in [0.717, 1.165) is 11.4 Å². The Morgan fingerprint density at radius 3 is 2.27 bits per heavy atom. The number of nitrogens with zero attached hydrogens (tertiary/aromatic N) is 1. The number of pyridine rings is 1. The second-order valence-corrected chi connectivity index (χ2v) is 5.99. The molecule has 0 saturated heterocycles. The smallest absolute Gasteiger partial charge is 0.257 e. The van der Waals surface area contributed by atoms with Crippen LogP contribution in [0.15, 0.2) is 42.7 Å². The first kappa shape index (κ1) is 16.0. The number of carbonyl (C=O) groups is 1. The van der Waals surface area contributed by atoms with E-state index in [1.807, 2.05) is 44.2 Å². The molecule has 2 aromatic rings. The summed E-state index contributed by atoms with van der Waals surface area (Å²) >= 11 is 0. The Balaban J connectivity index is 2.08. The topological polar surface area (TPSA) is 54.0 Å². The maximum atomic E-state index is 12.3. The number of rotatable bonds is 5. The fraction of sp³-hybridized carbons (Fsp3) is 0.333. The van der Waals surface area contributed by atoms with Gasteiger partial charge in [-0.05, 0) is 43.5 Å². The van der Waals surface area contributed by atoms with Crippen molar-refractivity contribution in [1.29, 1.82) is 0 Å². The maximum absolute atomic E-state index is 12.3. The molecule has 2 rings (SSSR count). The van der Waals surface area contributed by atoms with Gasteiger partial charge in [-0.15, -0.1) is 0 Å². The monoisotopic (exact) mass is 297 g/mol. The summed E-state index contributed by atoms with van der Waals surface area (Å²) < 4.78 is 0. The molecule has 0 bridgehead atoms. The van der Waals surface area contributed by atoms with Crippen LogP contribution in [0.3, 0.4) is 0 Å². The minimum Gasteiger partial charge on any atom is -0.382 e. The van der Waals surface area contributed by atoms with Gasteiger partial charge in [-0.3, -0.25) is 9.78 Å². The molecular weight excluding hydrogens is 274 g/mol. The van der Waals surface area contributed by atoms with Gasteiger partial charge in [-0.1, -0.05) is 26.0 Å². The first-order valence-electron chi connectivity index (χ1n) is 7.58. The van der Waals surface area contributed by atoms with Gasteiger partial charge in [-0.2, -0.15) is 0 Å². The molecule has 1 aromatic heterocycles. The number of hydrogen-bond donors (Lipinski definition) is 2. The SMILES string of the molecule is CC(C)Nc1cncc(C(=O)Nc2ccc(C(C)C)cc2)c1. The van der Waals surface area contributed by atoms with Crippen LogP contribution in [-0.2, 0) is 0 Å². The number of hydrogen-bond acceptors (Lipinski definition) is 3. The van der Waals surface area contributed by atoms with Crippen LogP contribution < -0.4 is 10.6 Å². The second-order valence-electron chi connectivity index (χ2n) is 5.99. The molecule has 2 N–H and O–H groups in total. The summed E-state index contributed by atoms with van der Waals surface area (Å²) in [5.74, 6) is 0.324. The Morgan fingerprint density at radius 2 is 1.68 bits per heavy atom. The molecule has 0 fully saturated rings. The van der Waals surface area contributed by atoms with Crippen LogP contribution in [0.25, 0.3) is 0 Å². The van der Waals surface area contributed by atoms with Crippen molar-refractivity contribution in [3.63, 3.8) is 0 Å². The van der Waals surface area contributed by atoms with Crippen molar-refractivity contribution in [2.24, 2.45) is 0 Å². The summed E-state index contributed by atoms with van der Waals surface area (Å²) in [6, 6.07) is 10.0. The van der Waals surface area contributed by atoms with Gasteiger partial charge in [0.25, 0.3) is 5.91 Å². The minimum atomic E-state index is -0.155. The third kappa shape index (κ3) is 4.32. The number of nitrogens with one attached hydrogen (secondary N) is 2. The van der Waals surface area contributed by atoms with Gasteiger partial charge in [-0.25, -0.2) is 0 Å². The predicted molar refractivity (Wildman–Crippen MR) is 91.5 cm³/mol. The van der Waals surface area contributed by atoms with E-state index in [2.05, 4.69) is 29.5 Å². The maximum Gasteiger partial charge on any atom is 0.257 e. The van der Waals surface area contributed by atoms with Gasteiger partial charge in [0.05, 0.1) is 11.3 Å². The minimum absolute atomic E-state index is 0.155. The van der Waals surface area contributed by atoms with Gasteiger partial charge in [0, 0.05) is 24.1 Å². The number of aromatic nitrogens is 1. The van der Waals surface area contributed by atoms with Crippen molar-refractivity contribution < 1.29 is 4.79 Å². The molecule has 0 spiro atoms. The zero-order chi connectivity index (χ0) is 16.1. The number of anilines is 2. The summed E-state index contributed by atoms with van der Waals surface area (Å²) in [7, 11) is 0. The van der Waals surface area contributed by atoms with Crippen LogP contribution in [0.4, 0.5) is 11.4 Å². The van der Waals surface area contributed by atoms with E-state index in [1.54, 1.807) is 12.4 Å². The molecule has 0 unspecified atom stereocenters. The number of benzene rings is 1. The van der Waals surface area contributed by atoms with Crippen molar-refractivity contribution in [2.75, 3.05) is 10.6 Å². The molecule has 1 heterocycles. The van der Waals surface area contributed by atoms with Crippen LogP contribution in [0, 0.1) is 0 Å². The predicted octanol–water partition coefficient (Wildman–Crippen LogP) is 4.28. The molecule has 0 atom stereocenters. The highest BCUT2D eigenvalue weighted by molar-refractivity contribution is 6.04. The Labute approximate surface area is 132 Å². The standard InChI is InChI=1S/C18H23N3O/c1-12(2)14-5-7-16(8-6-14)21-18(22)15-9-17(11-19-10-15)20-13(3)4/h5-13,20H,1-4H3,(H,21,22). The molecule has 0 saturated carbocycles. The van der Waals surface area contributed by atoms with E-state index < -0.39 is 0 Å². The molecule has 4 heteroatoms. The highest BCUT2D eigenvalue weighted by Crippen LogP contribution is 2.18. The summed E-state index contributed by atoms with van der Waals surface area (Å²) in [5.41, 5.74) is 3.43. The number of amides is 1. The van der Waals surface area contributed by atoms with Gasteiger partial charge >= 0.3 is 0 Å². The molecular formula is C18H23N3O. The van der Waals surface area contributed by atoms with Crippen molar-refractivity contribution in [3.05, 3.63) is 53.9 Å². The third-order valence-corrected chi connectivity index (χ3v) is 3.29. The molecule has 4 nitrogen and oxygen atoms in total. The van der Waals surface area contributed by atoms with Crippen LogP contribution in [0.1, 0.15) is 49.5 Å². The van der Waals surface area contributed by atoms with Crippen LogP contribution in [0.2, 0.25) is 0 Å². The molecule has 0 aliphatic rings. The van der Waals surface area contributed by atoms with Crippen molar-refractivity contribution in [2.45, 2.75) is 39.7 Å². The molecule has 1 amide bonds. The van der Waals surface area contributed by atoms with Gasteiger partial charge in [0.2, 0.25) is 0 Å². The fourth-order valence-electron chi connectivity index (χ4n) is 2.13. The molecule has 0 aliphatic carbocycles. The third-order valence-electron chi connectivity index (χ3n) is 3.29. The Morgan fingerprint density at radius 1 is 1.00 bits per heavy atom. The molecule has 116 valence electrons. The highest BCUT2D eigenvalue weighted by atomic mass is 16.1. The molecule has 22 heavy (non-hydrogen) atoms. The quantitative estimate of drug-likeness (QED) is 0.866. The fourth-order valence-corrected chi connectivity index (χ4v) is 2.13. The lowest BCUT2D eigenvalue weighted by atomic mass is 10.0. The molecule has 0 aliphatic heterocycles. The zero-order valence-electron chi connectivity index (χ0n) is 13.6. The van der Waals surface area contributed by atoms with Crippen LogP contribution in [0.5, 0.6) is 0 Å². The lowest BCUT2D eigenvalue weighted by Crippen LogP contribution is -2.14. The second kappa shape index (κ2) is 7.07. The zero-order valence-corrected chi connectivity index (χ0v) is 13.6. The van der Waals surface area contributed by atoms with E-state index in [-0.39, 0.29) is 5.91 Å². The van der Waals surface area contributed by atoms with Gasteiger partial charge < -0.3 is 10.6 Å². The van der Waals surface area contributed by atoms with E-state index in [1.165, 1.54) is 5.56 Å². The summed E-state index contributed by atoms with van der Waals surface area (Å²) in [5, 5.41) is 6.14. The van der Waals surface area contributed by atoms with Crippen LogP contribution in [-0.4, -0.2) is 16.9 Å². The van der Waals surface area contributed by atoms with Gasteiger partial charge in [0.15, 0.2) is 0 Å². The Bertz CT molecular complexity index is 633. The summed E-state index contributed by atoms with van der Waals surface area (Å²) in [6.45, 7) is 8.38. The average molecular weight is 297 g/mol. The van der Waals surface area contributed by atoms with Crippen LogP contribution >= 0.6 is 0 Å². The normalized spacial score (nSPS) is 10.8. The Kier molecular flexibility index (Phi) is 5.15. The first-order valence-corrected chi connectivity index (χ1v) is 7.58. The molecule has 0 radical (unpaired) electrons. The Hall–Kier alpha value is -2.36. The van der Waals surface area contributed by atoms with E-state index in [0.29, 0.717) is 17.5 Å². The van der Waals surface area contributed by atoms with E-state index in [4.69, 9.17) is 0 Å². The summed E-state index contributed by atoms with van der Waals surface area (Å²) in [6.07, 6.45) is 3.29. The average Bonchev–Trinajstić information content (AvgIpc) is 2.47. The lowest BCUT2D eigenvalue weighted by Gasteiger charge is -2.11. The number of carbonyl (C=O) groups excluding carboxylic acids is 1. The largest absolute Gasteiger partial charge is 0.382 e. The first-order chi connectivity index (χ1) is 10.5. The van der Waals surface area contributed by atoms with Gasteiger partial charge in [0.1, 0.15) is 0 Å². The molecule has 1 aromatic carbocycles.